The Balaban J connectivity index is 1.38. The van der Waals surface area contributed by atoms with Crippen LogP contribution < -0.4 is 0 Å². The summed E-state index contributed by atoms with van der Waals surface area (Å²) in [6.45, 7) is 2.63. The zero-order chi connectivity index (χ0) is 17.2. The monoisotopic (exact) mass is 358 g/mol. The highest BCUT2D eigenvalue weighted by Crippen LogP contribution is 2.33. The van der Waals surface area contributed by atoms with Gasteiger partial charge in [-0.2, -0.15) is 11.3 Å². The molecule has 4 heterocycles. The summed E-state index contributed by atoms with van der Waals surface area (Å²) in [5.74, 6) is 1.83. The molecule has 0 saturated carbocycles. The number of carbonyl (C=O) groups is 1. The van der Waals surface area contributed by atoms with E-state index in [-0.39, 0.29) is 11.9 Å². The zero-order valence-electron chi connectivity index (χ0n) is 13.8. The van der Waals surface area contributed by atoms with Crippen molar-refractivity contribution in [2.75, 3.05) is 6.54 Å². The molecule has 1 atom stereocenters. The average molecular weight is 358 g/mol. The minimum atomic E-state index is -0.0160. The van der Waals surface area contributed by atoms with Gasteiger partial charge in [0.1, 0.15) is 0 Å². The molecule has 0 N–H and O–H groups in total. The van der Waals surface area contributed by atoms with Crippen LogP contribution in [0.25, 0.3) is 11.5 Å². The molecule has 8 heteroatoms. The van der Waals surface area contributed by atoms with Crippen molar-refractivity contribution >= 4 is 17.2 Å². The predicted molar refractivity (Wildman–Crippen MR) is 90.9 cm³/mol. The fourth-order valence-electron chi connectivity index (χ4n) is 3.12. The summed E-state index contributed by atoms with van der Waals surface area (Å²) in [5, 5.41) is 15.9. The fourth-order valence-corrected chi connectivity index (χ4v) is 3.75. The highest BCUT2D eigenvalue weighted by atomic mass is 32.1. The van der Waals surface area contributed by atoms with Crippen molar-refractivity contribution in [3.63, 3.8) is 0 Å². The number of carbonyl (C=O) groups excluding carboxylic acids is 1. The third-order valence-corrected chi connectivity index (χ3v) is 5.02. The number of nitrogens with zero attached hydrogens (tertiary/aromatic N) is 4. The van der Waals surface area contributed by atoms with Gasteiger partial charge in [-0.1, -0.05) is 5.16 Å². The lowest BCUT2D eigenvalue weighted by atomic mass is 10.1. The van der Waals surface area contributed by atoms with Crippen LogP contribution in [0.2, 0.25) is 0 Å². The Morgan fingerprint density at radius 1 is 1.44 bits per heavy atom. The maximum absolute atomic E-state index is 12.6. The van der Waals surface area contributed by atoms with Crippen LogP contribution in [0, 0.1) is 6.92 Å². The van der Waals surface area contributed by atoms with E-state index in [0.717, 1.165) is 36.4 Å². The summed E-state index contributed by atoms with van der Waals surface area (Å²) in [4.78, 5) is 14.5. The second-order valence-corrected chi connectivity index (χ2v) is 6.91. The summed E-state index contributed by atoms with van der Waals surface area (Å²) in [5.41, 5.74) is 1.75. The van der Waals surface area contributed by atoms with E-state index in [9.17, 15) is 4.79 Å². The molecule has 25 heavy (non-hydrogen) atoms. The number of likely N-dealkylation sites (tertiary alicyclic amines) is 1. The molecule has 0 bridgehead atoms. The lowest BCUT2D eigenvalue weighted by Crippen LogP contribution is -2.30. The molecule has 130 valence electrons. The van der Waals surface area contributed by atoms with E-state index in [4.69, 9.17) is 8.94 Å². The first kappa shape index (κ1) is 16.0. The van der Waals surface area contributed by atoms with Crippen molar-refractivity contribution in [1.29, 1.82) is 0 Å². The van der Waals surface area contributed by atoms with Crippen LogP contribution in [0.3, 0.4) is 0 Å². The van der Waals surface area contributed by atoms with Gasteiger partial charge in [-0.25, -0.2) is 0 Å². The Morgan fingerprint density at radius 3 is 3.12 bits per heavy atom. The number of aromatic nitrogens is 3. The van der Waals surface area contributed by atoms with Crippen molar-refractivity contribution in [3.8, 4) is 11.5 Å². The smallest absolute Gasteiger partial charge is 0.248 e. The first-order valence-corrected chi connectivity index (χ1v) is 9.22. The van der Waals surface area contributed by atoms with E-state index in [1.807, 2.05) is 34.7 Å². The predicted octanol–water partition coefficient (Wildman–Crippen LogP) is 3.39. The second-order valence-electron chi connectivity index (χ2n) is 6.13. The summed E-state index contributed by atoms with van der Waals surface area (Å²) < 4.78 is 11.0. The highest BCUT2D eigenvalue weighted by Gasteiger charge is 2.32. The molecule has 1 amide bonds. The SMILES string of the molecule is Cc1cc(C2CCCN2C(=O)CCc2nnc(-c3ccsc3)o2)on1. The Labute approximate surface area is 148 Å². The third-order valence-electron chi connectivity index (χ3n) is 4.34. The van der Waals surface area contributed by atoms with Gasteiger partial charge in [0.2, 0.25) is 17.7 Å². The fraction of sp³-hybridized carbons (Fsp3) is 0.412. The quantitative estimate of drug-likeness (QED) is 0.695. The average Bonchev–Trinajstić information content (AvgIpc) is 3.38. The molecule has 1 aliphatic rings. The molecule has 0 aliphatic carbocycles. The van der Waals surface area contributed by atoms with Crippen LogP contribution >= 0.6 is 11.3 Å². The number of hydrogen-bond acceptors (Lipinski definition) is 7. The number of hydrogen-bond donors (Lipinski definition) is 0. The first-order chi connectivity index (χ1) is 12.2. The maximum atomic E-state index is 12.6. The molecular formula is C17H18N4O3S. The van der Waals surface area contributed by atoms with Crippen LogP contribution in [0.1, 0.15) is 42.6 Å². The number of rotatable bonds is 5. The molecule has 1 aliphatic heterocycles. The Morgan fingerprint density at radius 2 is 2.36 bits per heavy atom. The molecule has 4 rings (SSSR count). The van der Waals surface area contributed by atoms with Gasteiger partial charge in [-0.3, -0.25) is 4.79 Å². The summed E-state index contributed by atoms with van der Waals surface area (Å²) in [7, 11) is 0. The van der Waals surface area contributed by atoms with Gasteiger partial charge in [0, 0.05) is 36.4 Å². The van der Waals surface area contributed by atoms with Crippen molar-refractivity contribution < 1.29 is 13.7 Å². The standard InChI is InChI=1S/C17H18N4O3S/c1-11-9-14(24-20-11)13-3-2-7-21(13)16(22)5-4-15-18-19-17(23-15)12-6-8-25-10-12/h6,8-10,13H,2-5,7H2,1H3. The largest absolute Gasteiger partial charge is 0.421 e. The van der Waals surface area contributed by atoms with Gasteiger partial charge in [0.15, 0.2) is 5.76 Å². The molecule has 1 fully saturated rings. The van der Waals surface area contributed by atoms with E-state index < -0.39 is 0 Å². The van der Waals surface area contributed by atoms with Crippen LogP contribution in [0.15, 0.2) is 31.8 Å². The molecule has 0 radical (unpaired) electrons. The van der Waals surface area contributed by atoms with E-state index >= 15 is 0 Å². The third kappa shape index (κ3) is 3.34. The molecule has 3 aromatic heterocycles. The number of amides is 1. The van der Waals surface area contributed by atoms with Crippen LogP contribution in [-0.2, 0) is 11.2 Å². The molecule has 1 unspecified atom stereocenters. The van der Waals surface area contributed by atoms with Crippen molar-refractivity contribution in [3.05, 3.63) is 40.2 Å². The first-order valence-electron chi connectivity index (χ1n) is 8.28. The van der Waals surface area contributed by atoms with Gasteiger partial charge < -0.3 is 13.8 Å². The molecule has 7 nitrogen and oxygen atoms in total. The number of aryl methyl sites for hydroxylation is 2. The minimum absolute atomic E-state index is 0.0160. The molecular weight excluding hydrogens is 340 g/mol. The Bertz CT molecular complexity index is 855. The van der Waals surface area contributed by atoms with Gasteiger partial charge >= 0.3 is 0 Å². The second kappa shape index (κ2) is 6.79. The molecule has 0 aromatic carbocycles. The minimum Gasteiger partial charge on any atom is -0.421 e. The summed E-state index contributed by atoms with van der Waals surface area (Å²) in [6, 6.07) is 3.82. The van der Waals surface area contributed by atoms with Gasteiger partial charge in [0.05, 0.1) is 11.7 Å². The number of thiophene rings is 1. The van der Waals surface area contributed by atoms with E-state index in [0.29, 0.717) is 24.6 Å². The van der Waals surface area contributed by atoms with Gasteiger partial charge in [0.25, 0.3) is 0 Å². The zero-order valence-corrected chi connectivity index (χ0v) is 14.7. The van der Waals surface area contributed by atoms with E-state index in [1.165, 1.54) is 0 Å². The lowest BCUT2D eigenvalue weighted by Gasteiger charge is -2.22. The normalized spacial score (nSPS) is 17.3. The van der Waals surface area contributed by atoms with E-state index in [1.54, 1.807) is 11.3 Å². The summed E-state index contributed by atoms with van der Waals surface area (Å²) >= 11 is 1.58. The maximum Gasteiger partial charge on any atom is 0.248 e. The van der Waals surface area contributed by atoms with Crippen molar-refractivity contribution in [2.24, 2.45) is 0 Å². The van der Waals surface area contributed by atoms with E-state index in [2.05, 4.69) is 15.4 Å². The van der Waals surface area contributed by atoms with Gasteiger partial charge in [-0.15, -0.1) is 10.2 Å². The highest BCUT2D eigenvalue weighted by molar-refractivity contribution is 7.08. The molecule has 0 spiro atoms. The Hall–Kier alpha value is -2.48. The lowest BCUT2D eigenvalue weighted by molar-refractivity contribution is -0.132. The Kier molecular flexibility index (Phi) is 4.35. The summed E-state index contributed by atoms with van der Waals surface area (Å²) in [6.07, 6.45) is 2.66. The topological polar surface area (TPSA) is 85.3 Å². The molecule has 1 saturated heterocycles. The van der Waals surface area contributed by atoms with Crippen molar-refractivity contribution in [1.82, 2.24) is 20.3 Å². The van der Waals surface area contributed by atoms with Gasteiger partial charge in [-0.05, 0) is 31.2 Å². The molecule has 3 aromatic rings. The van der Waals surface area contributed by atoms with Crippen LogP contribution in [0.4, 0.5) is 0 Å². The van der Waals surface area contributed by atoms with Crippen LogP contribution in [0.5, 0.6) is 0 Å². The van der Waals surface area contributed by atoms with Crippen LogP contribution in [-0.4, -0.2) is 32.7 Å². The van der Waals surface area contributed by atoms with Crippen molar-refractivity contribution in [2.45, 2.75) is 38.6 Å².